The van der Waals surface area contributed by atoms with Crippen molar-refractivity contribution < 1.29 is 0 Å². The van der Waals surface area contributed by atoms with E-state index in [0.717, 1.165) is 22.3 Å². The van der Waals surface area contributed by atoms with E-state index in [-0.39, 0.29) is 5.71 Å². The molecule has 2 aromatic rings. The summed E-state index contributed by atoms with van der Waals surface area (Å²) in [5.41, 5.74) is 5.33. The van der Waals surface area contributed by atoms with Gasteiger partial charge >= 0.3 is 0 Å². The molecule has 1 heterocycles. The number of nitriles is 2. The number of aromatic amines is 1. The Bertz CT molecular complexity index is 650. The van der Waals surface area contributed by atoms with Crippen molar-refractivity contribution in [1.29, 1.82) is 10.5 Å². The first kappa shape index (κ1) is 10.7. The Kier molecular flexibility index (Phi) is 2.76. The first-order valence-electron chi connectivity index (χ1n) is 4.96. The summed E-state index contributed by atoms with van der Waals surface area (Å²) in [4.78, 5) is 3.20. The third-order valence-corrected chi connectivity index (χ3v) is 2.26. The van der Waals surface area contributed by atoms with Gasteiger partial charge in [-0.15, -0.1) is 0 Å². The minimum Gasteiger partial charge on any atom is -0.359 e. The van der Waals surface area contributed by atoms with E-state index in [0.29, 0.717) is 0 Å². The quantitative estimate of drug-likeness (QED) is 0.604. The maximum absolute atomic E-state index is 8.53. The van der Waals surface area contributed by atoms with Gasteiger partial charge < -0.3 is 4.98 Å². The summed E-state index contributed by atoms with van der Waals surface area (Å²) in [6, 6.07) is 11.0. The average molecular weight is 223 g/mol. The molecule has 0 spiro atoms. The molecule has 0 radical (unpaired) electrons. The molecule has 0 unspecified atom stereocenters. The van der Waals surface area contributed by atoms with Gasteiger partial charge in [0.05, 0.1) is 5.69 Å². The lowest BCUT2D eigenvalue weighted by molar-refractivity contribution is 1.30. The summed E-state index contributed by atoms with van der Waals surface area (Å²) in [5, 5.41) is 21.8. The Labute approximate surface area is 98.0 Å². The van der Waals surface area contributed by atoms with E-state index in [1.807, 2.05) is 31.2 Å². The summed E-state index contributed by atoms with van der Waals surface area (Å²) in [6.45, 7) is 1.98. The van der Waals surface area contributed by atoms with Crippen LogP contribution in [0.25, 0.3) is 10.9 Å². The van der Waals surface area contributed by atoms with Crippen molar-refractivity contribution in [3.05, 3.63) is 30.0 Å². The zero-order valence-corrected chi connectivity index (χ0v) is 9.15. The minimum atomic E-state index is -0.199. The first-order chi connectivity index (χ1) is 8.22. The van der Waals surface area contributed by atoms with Gasteiger partial charge in [-0.2, -0.15) is 15.6 Å². The largest absolute Gasteiger partial charge is 0.359 e. The fraction of sp³-hybridized carbons (Fsp3) is 0.0833. The molecule has 5 nitrogen and oxygen atoms in total. The lowest BCUT2D eigenvalue weighted by Crippen LogP contribution is -1.95. The number of rotatable bonds is 2. The molecule has 0 aliphatic rings. The van der Waals surface area contributed by atoms with Crippen LogP contribution in [0.2, 0.25) is 0 Å². The van der Waals surface area contributed by atoms with Crippen molar-refractivity contribution >= 4 is 22.3 Å². The molecule has 0 bridgehead atoms. The summed E-state index contributed by atoms with van der Waals surface area (Å²) in [7, 11) is 0. The number of nitrogens with zero attached hydrogens (tertiary/aromatic N) is 3. The van der Waals surface area contributed by atoms with Crippen LogP contribution in [0.3, 0.4) is 0 Å². The molecule has 0 aliphatic carbocycles. The van der Waals surface area contributed by atoms with Crippen molar-refractivity contribution in [3.63, 3.8) is 0 Å². The number of hydrazone groups is 1. The number of nitrogens with one attached hydrogen (secondary N) is 2. The Hall–Kier alpha value is -2.79. The van der Waals surface area contributed by atoms with Crippen LogP contribution >= 0.6 is 0 Å². The van der Waals surface area contributed by atoms with Gasteiger partial charge in [-0.25, -0.2) is 0 Å². The van der Waals surface area contributed by atoms with Crippen molar-refractivity contribution in [1.82, 2.24) is 4.98 Å². The molecule has 0 fully saturated rings. The van der Waals surface area contributed by atoms with E-state index >= 15 is 0 Å². The van der Waals surface area contributed by atoms with Gasteiger partial charge in [-0.3, -0.25) is 5.43 Å². The van der Waals surface area contributed by atoms with E-state index in [2.05, 4.69) is 15.5 Å². The lowest BCUT2D eigenvalue weighted by Gasteiger charge is -1.99. The molecule has 82 valence electrons. The molecular weight excluding hydrogens is 214 g/mol. The van der Waals surface area contributed by atoms with Crippen LogP contribution < -0.4 is 5.43 Å². The molecule has 1 aromatic carbocycles. The highest BCUT2D eigenvalue weighted by molar-refractivity contribution is 6.10. The van der Waals surface area contributed by atoms with Gasteiger partial charge in [0.25, 0.3) is 0 Å². The number of benzene rings is 1. The number of hydrogen-bond acceptors (Lipinski definition) is 4. The van der Waals surface area contributed by atoms with Crippen LogP contribution in [0.1, 0.15) is 5.69 Å². The molecule has 0 saturated carbocycles. The standard InChI is InChI=1S/C12H9N5/c1-8-4-9-5-10(2-3-12(9)15-8)16-17-11(6-13)7-14/h2-5,15-16H,1H3. The molecular formula is C12H9N5. The van der Waals surface area contributed by atoms with E-state index in [9.17, 15) is 0 Å². The molecule has 0 aliphatic heterocycles. The van der Waals surface area contributed by atoms with Gasteiger partial charge in [0.2, 0.25) is 5.71 Å². The third-order valence-electron chi connectivity index (χ3n) is 2.26. The minimum absolute atomic E-state index is 0.199. The number of aryl methyl sites for hydroxylation is 1. The van der Waals surface area contributed by atoms with Crippen LogP contribution in [0.4, 0.5) is 5.69 Å². The topological polar surface area (TPSA) is 87.8 Å². The Morgan fingerprint density at radius 2 is 2.06 bits per heavy atom. The Balaban J connectivity index is 2.29. The molecule has 2 N–H and O–H groups in total. The molecule has 1 aromatic heterocycles. The maximum Gasteiger partial charge on any atom is 0.237 e. The van der Waals surface area contributed by atoms with Crippen molar-refractivity contribution in [2.45, 2.75) is 6.92 Å². The highest BCUT2D eigenvalue weighted by Gasteiger charge is 1.99. The molecule has 0 atom stereocenters. The SMILES string of the molecule is Cc1cc2cc(NN=C(C#N)C#N)ccc2[nH]1. The predicted molar refractivity (Wildman–Crippen MR) is 65.3 cm³/mol. The van der Waals surface area contributed by atoms with E-state index < -0.39 is 0 Å². The van der Waals surface area contributed by atoms with Gasteiger partial charge in [0, 0.05) is 16.6 Å². The van der Waals surface area contributed by atoms with Crippen molar-refractivity contribution in [3.8, 4) is 12.1 Å². The Morgan fingerprint density at radius 3 is 2.76 bits per heavy atom. The second-order valence-electron chi connectivity index (χ2n) is 3.55. The van der Waals surface area contributed by atoms with E-state index in [1.165, 1.54) is 0 Å². The van der Waals surface area contributed by atoms with Gasteiger partial charge in [0.1, 0.15) is 12.1 Å². The highest BCUT2D eigenvalue weighted by atomic mass is 15.3. The zero-order valence-electron chi connectivity index (χ0n) is 9.15. The van der Waals surface area contributed by atoms with Crippen LogP contribution in [0.15, 0.2) is 29.4 Å². The van der Waals surface area contributed by atoms with Crippen molar-refractivity contribution in [2.24, 2.45) is 5.10 Å². The predicted octanol–water partition coefficient (Wildman–Crippen LogP) is 2.29. The third kappa shape index (κ3) is 2.24. The van der Waals surface area contributed by atoms with Crippen LogP contribution in [-0.2, 0) is 0 Å². The smallest absolute Gasteiger partial charge is 0.237 e. The average Bonchev–Trinajstić information content (AvgIpc) is 2.69. The maximum atomic E-state index is 8.53. The van der Waals surface area contributed by atoms with Crippen molar-refractivity contribution in [2.75, 3.05) is 5.43 Å². The summed E-state index contributed by atoms with van der Waals surface area (Å²) < 4.78 is 0. The summed E-state index contributed by atoms with van der Waals surface area (Å²) >= 11 is 0. The van der Waals surface area contributed by atoms with Crippen LogP contribution in [0.5, 0.6) is 0 Å². The number of aromatic nitrogens is 1. The normalized spacial score (nSPS) is 9.35. The monoisotopic (exact) mass is 223 g/mol. The molecule has 5 heteroatoms. The highest BCUT2D eigenvalue weighted by Crippen LogP contribution is 2.19. The molecule has 0 amide bonds. The number of anilines is 1. The van der Waals surface area contributed by atoms with Crippen LogP contribution in [0, 0.1) is 29.6 Å². The van der Waals surface area contributed by atoms with E-state index in [1.54, 1.807) is 12.1 Å². The molecule has 2 rings (SSSR count). The number of fused-ring (bicyclic) bond motifs is 1. The summed E-state index contributed by atoms with van der Waals surface area (Å²) in [6.07, 6.45) is 0. The number of H-pyrrole nitrogens is 1. The zero-order chi connectivity index (χ0) is 12.3. The molecule has 0 saturated heterocycles. The lowest BCUT2D eigenvalue weighted by atomic mass is 10.2. The first-order valence-corrected chi connectivity index (χ1v) is 4.96. The van der Waals surface area contributed by atoms with Gasteiger partial charge in [-0.05, 0) is 31.2 Å². The molecule has 17 heavy (non-hydrogen) atoms. The number of hydrogen-bond donors (Lipinski definition) is 2. The fourth-order valence-corrected chi connectivity index (χ4v) is 1.54. The van der Waals surface area contributed by atoms with Gasteiger partial charge in [0.15, 0.2) is 0 Å². The second-order valence-corrected chi connectivity index (χ2v) is 3.55. The Morgan fingerprint density at radius 1 is 1.29 bits per heavy atom. The fourth-order valence-electron chi connectivity index (χ4n) is 1.54. The van der Waals surface area contributed by atoms with Gasteiger partial charge in [-0.1, -0.05) is 0 Å². The summed E-state index contributed by atoms with van der Waals surface area (Å²) in [5.74, 6) is 0. The second kappa shape index (κ2) is 4.38. The van der Waals surface area contributed by atoms with Crippen LogP contribution in [-0.4, -0.2) is 10.7 Å². The van der Waals surface area contributed by atoms with E-state index in [4.69, 9.17) is 10.5 Å².